The lowest BCUT2D eigenvalue weighted by Crippen LogP contribution is -2.26. The van der Waals surface area contributed by atoms with Crippen LogP contribution in [0, 0.1) is 0 Å². The molecule has 0 radical (unpaired) electrons. The number of benzene rings is 2. The molecule has 114 valence electrons. The third-order valence-electron chi connectivity index (χ3n) is 2.99. The zero-order chi connectivity index (χ0) is 16.0. The highest BCUT2D eigenvalue weighted by Gasteiger charge is 2.14. The lowest BCUT2D eigenvalue weighted by atomic mass is 10.0. The van der Waals surface area contributed by atoms with Gasteiger partial charge in [0, 0.05) is 17.7 Å². The van der Waals surface area contributed by atoms with Gasteiger partial charge in [-0.3, -0.25) is 4.79 Å². The third kappa shape index (κ3) is 4.95. The monoisotopic (exact) mass is 315 g/mol. The van der Waals surface area contributed by atoms with Gasteiger partial charge in [0.2, 0.25) is 10.0 Å². The van der Waals surface area contributed by atoms with E-state index in [-0.39, 0.29) is 12.3 Å². The summed E-state index contributed by atoms with van der Waals surface area (Å²) in [5, 5.41) is 0. The second kappa shape index (κ2) is 7.15. The summed E-state index contributed by atoms with van der Waals surface area (Å²) in [4.78, 5) is 12.6. The maximum atomic E-state index is 12.6. The van der Waals surface area contributed by atoms with E-state index in [0.29, 0.717) is 11.1 Å². The summed E-state index contributed by atoms with van der Waals surface area (Å²) in [5.41, 5.74) is 1.76. The number of sulfonamides is 1. The van der Waals surface area contributed by atoms with Gasteiger partial charge in [-0.25, -0.2) is 13.1 Å². The van der Waals surface area contributed by atoms with E-state index in [9.17, 15) is 13.2 Å². The van der Waals surface area contributed by atoms with Crippen molar-refractivity contribution in [1.29, 1.82) is 0 Å². The van der Waals surface area contributed by atoms with Crippen LogP contribution >= 0.6 is 0 Å². The molecule has 0 amide bonds. The molecule has 0 aliphatic carbocycles. The molecule has 22 heavy (non-hydrogen) atoms. The molecule has 2 aromatic carbocycles. The fraction of sp³-hybridized carbons (Fsp3) is 0.118. The maximum absolute atomic E-state index is 12.6. The highest BCUT2D eigenvalue weighted by Crippen LogP contribution is 2.12. The molecule has 0 saturated heterocycles. The number of nitrogens with one attached hydrogen (secondary N) is 1. The molecule has 0 saturated carbocycles. The Morgan fingerprint density at radius 2 is 1.55 bits per heavy atom. The van der Waals surface area contributed by atoms with Crippen molar-refractivity contribution in [3.8, 4) is 0 Å². The van der Waals surface area contributed by atoms with Crippen molar-refractivity contribution >= 4 is 21.9 Å². The minimum atomic E-state index is -3.37. The van der Waals surface area contributed by atoms with Crippen molar-refractivity contribution in [2.45, 2.75) is 0 Å². The normalized spacial score (nSPS) is 12.1. The Morgan fingerprint density at radius 1 is 1.00 bits per heavy atom. The zero-order valence-electron chi connectivity index (χ0n) is 12.2. The van der Waals surface area contributed by atoms with Crippen LogP contribution in [0.5, 0.6) is 0 Å². The molecule has 0 aromatic heterocycles. The smallest absolute Gasteiger partial charge is 0.209 e. The number of carbonyl (C=O) groups is 1. The number of Topliss-reactive ketones (excluding diaryl/α,β-unsaturated/α-hetero) is 1. The van der Waals surface area contributed by atoms with Gasteiger partial charge in [-0.15, -0.1) is 0 Å². The molecule has 1 N–H and O–H groups in total. The molecular weight excluding hydrogens is 298 g/mol. The quantitative estimate of drug-likeness (QED) is 0.658. The lowest BCUT2D eigenvalue weighted by Gasteiger charge is -2.08. The van der Waals surface area contributed by atoms with E-state index >= 15 is 0 Å². The summed E-state index contributed by atoms with van der Waals surface area (Å²) in [6.45, 7) is -0.0402. The van der Waals surface area contributed by atoms with Crippen molar-refractivity contribution in [3.05, 3.63) is 77.4 Å². The average molecular weight is 315 g/mol. The van der Waals surface area contributed by atoms with Crippen LogP contribution in [0.2, 0.25) is 0 Å². The van der Waals surface area contributed by atoms with E-state index < -0.39 is 10.0 Å². The molecule has 5 heteroatoms. The van der Waals surface area contributed by atoms with Gasteiger partial charge in [0.15, 0.2) is 5.78 Å². The molecule has 0 bridgehead atoms. The van der Waals surface area contributed by atoms with Gasteiger partial charge in [0.1, 0.15) is 0 Å². The van der Waals surface area contributed by atoms with Gasteiger partial charge in [0.05, 0.1) is 6.26 Å². The van der Waals surface area contributed by atoms with Crippen molar-refractivity contribution < 1.29 is 13.2 Å². The Hall–Kier alpha value is -2.24. The van der Waals surface area contributed by atoms with Crippen LogP contribution in [0.4, 0.5) is 0 Å². The van der Waals surface area contributed by atoms with Crippen molar-refractivity contribution in [2.24, 2.45) is 0 Å². The van der Waals surface area contributed by atoms with E-state index in [1.165, 1.54) is 0 Å². The molecule has 0 fully saturated rings. The minimum Gasteiger partial charge on any atom is -0.289 e. The highest BCUT2D eigenvalue weighted by atomic mass is 32.2. The molecule has 0 aliphatic heterocycles. The van der Waals surface area contributed by atoms with Crippen LogP contribution in [0.15, 0.2) is 66.2 Å². The molecule has 0 heterocycles. The molecule has 0 unspecified atom stereocenters. The second-order valence-electron chi connectivity index (χ2n) is 4.87. The van der Waals surface area contributed by atoms with Gasteiger partial charge >= 0.3 is 0 Å². The fourth-order valence-electron chi connectivity index (χ4n) is 1.93. The van der Waals surface area contributed by atoms with Gasteiger partial charge in [-0.2, -0.15) is 0 Å². The predicted molar refractivity (Wildman–Crippen MR) is 88.0 cm³/mol. The minimum absolute atomic E-state index is 0.0402. The molecule has 0 aliphatic rings. The fourth-order valence-corrected chi connectivity index (χ4v) is 2.35. The van der Waals surface area contributed by atoms with Crippen molar-refractivity contribution in [1.82, 2.24) is 4.72 Å². The van der Waals surface area contributed by atoms with Crippen molar-refractivity contribution in [2.75, 3.05) is 12.8 Å². The first-order valence-corrected chi connectivity index (χ1v) is 8.65. The summed E-state index contributed by atoms with van der Waals surface area (Å²) in [7, 11) is -3.37. The summed E-state index contributed by atoms with van der Waals surface area (Å²) >= 11 is 0. The van der Waals surface area contributed by atoms with Crippen LogP contribution in [0.1, 0.15) is 15.9 Å². The Kier molecular flexibility index (Phi) is 5.25. The summed E-state index contributed by atoms with van der Waals surface area (Å²) < 4.78 is 25.0. The molecule has 0 spiro atoms. The van der Waals surface area contributed by atoms with Gasteiger partial charge in [-0.1, -0.05) is 60.7 Å². The SMILES string of the molecule is CS(=O)(=O)NC/C(=C\c1ccccc1)C(=O)c1ccccc1. The summed E-state index contributed by atoms with van der Waals surface area (Å²) in [6.07, 6.45) is 2.77. The van der Waals surface area contributed by atoms with Crippen LogP contribution in [0.3, 0.4) is 0 Å². The molecule has 4 nitrogen and oxygen atoms in total. The van der Waals surface area contributed by atoms with Crippen molar-refractivity contribution in [3.63, 3.8) is 0 Å². The van der Waals surface area contributed by atoms with Crippen LogP contribution in [-0.2, 0) is 10.0 Å². The summed E-state index contributed by atoms with van der Waals surface area (Å²) in [5.74, 6) is -0.194. The van der Waals surface area contributed by atoms with E-state index in [2.05, 4.69) is 4.72 Å². The molecule has 0 atom stereocenters. The second-order valence-corrected chi connectivity index (χ2v) is 6.70. The molecule has 2 rings (SSSR count). The standard InChI is InChI=1S/C17H17NO3S/c1-22(20,21)18-13-16(12-14-8-4-2-5-9-14)17(19)15-10-6-3-7-11-15/h2-12,18H,13H2,1H3/b16-12+. The van der Waals surface area contributed by atoms with Gasteiger partial charge < -0.3 is 0 Å². The zero-order valence-corrected chi connectivity index (χ0v) is 13.0. The van der Waals surface area contributed by atoms with Crippen LogP contribution < -0.4 is 4.72 Å². The van der Waals surface area contributed by atoms with E-state index in [0.717, 1.165) is 11.8 Å². The number of hydrogen-bond acceptors (Lipinski definition) is 3. The Morgan fingerprint density at radius 3 is 2.09 bits per heavy atom. The first-order valence-electron chi connectivity index (χ1n) is 6.76. The topological polar surface area (TPSA) is 63.2 Å². The Bertz CT molecular complexity index is 766. The van der Waals surface area contributed by atoms with E-state index in [1.54, 1.807) is 30.3 Å². The number of carbonyl (C=O) groups excluding carboxylic acids is 1. The maximum Gasteiger partial charge on any atom is 0.209 e. The van der Waals surface area contributed by atoms with E-state index in [4.69, 9.17) is 0 Å². The summed E-state index contributed by atoms with van der Waals surface area (Å²) in [6, 6.07) is 18.1. The predicted octanol–water partition coefficient (Wildman–Crippen LogP) is 2.50. The highest BCUT2D eigenvalue weighted by molar-refractivity contribution is 7.88. The van der Waals surface area contributed by atoms with Crippen LogP contribution in [0.25, 0.3) is 6.08 Å². The molecular formula is C17H17NO3S. The van der Waals surface area contributed by atoms with E-state index in [1.807, 2.05) is 36.4 Å². The average Bonchev–Trinajstić information content (AvgIpc) is 2.52. The first-order chi connectivity index (χ1) is 10.5. The largest absolute Gasteiger partial charge is 0.289 e. The molecule has 2 aromatic rings. The van der Waals surface area contributed by atoms with Gasteiger partial charge in [0.25, 0.3) is 0 Å². The van der Waals surface area contributed by atoms with Crippen LogP contribution in [-0.4, -0.2) is 27.0 Å². The third-order valence-corrected chi connectivity index (χ3v) is 3.66. The Labute approximate surface area is 130 Å². The number of hydrogen-bond donors (Lipinski definition) is 1. The Balaban J connectivity index is 2.33. The number of ketones is 1. The first kappa shape index (κ1) is 16.1. The van der Waals surface area contributed by atoms with Gasteiger partial charge in [-0.05, 0) is 11.6 Å². The lowest BCUT2D eigenvalue weighted by molar-refractivity contribution is 0.103. The number of rotatable bonds is 6.